The molecular weight excluding hydrogens is 336 g/mol. The van der Waals surface area contributed by atoms with Crippen molar-refractivity contribution >= 4 is 17.2 Å². The fourth-order valence-corrected chi connectivity index (χ4v) is 5.01. The van der Waals surface area contributed by atoms with Crippen LogP contribution in [0.25, 0.3) is 0 Å². The molecule has 1 amide bonds. The summed E-state index contributed by atoms with van der Waals surface area (Å²) < 4.78 is 3.13. The van der Waals surface area contributed by atoms with Crippen LogP contribution >= 0.6 is 11.3 Å². The van der Waals surface area contributed by atoms with Crippen molar-refractivity contribution in [3.8, 4) is 0 Å². The summed E-state index contributed by atoms with van der Waals surface area (Å²) in [5, 5.41) is 6.56. The van der Waals surface area contributed by atoms with E-state index in [1.807, 2.05) is 4.90 Å². The number of nitrogens with zero attached hydrogens (tertiary/aromatic N) is 4. The maximum atomic E-state index is 12.9. The van der Waals surface area contributed by atoms with Crippen molar-refractivity contribution in [2.75, 3.05) is 6.54 Å². The van der Waals surface area contributed by atoms with E-state index in [1.165, 1.54) is 15.1 Å². The maximum absolute atomic E-state index is 12.9. The van der Waals surface area contributed by atoms with Gasteiger partial charge in [0.05, 0.1) is 6.04 Å². The number of thiophene rings is 1. The Bertz CT molecular complexity index is 834. The predicted octanol–water partition coefficient (Wildman–Crippen LogP) is 2.37. The van der Waals surface area contributed by atoms with Gasteiger partial charge in [0.15, 0.2) is 0 Å². The van der Waals surface area contributed by atoms with Gasteiger partial charge in [0.2, 0.25) is 5.91 Å². The highest BCUT2D eigenvalue weighted by Crippen LogP contribution is 2.35. The number of hydrogen-bond donors (Lipinski definition) is 0. The maximum Gasteiger partial charge on any atom is 0.346 e. The summed E-state index contributed by atoms with van der Waals surface area (Å²) in [4.78, 5) is 28.8. The van der Waals surface area contributed by atoms with Crippen molar-refractivity contribution in [3.05, 3.63) is 38.2 Å². The topological polar surface area (TPSA) is 60.1 Å². The predicted molar refractivity (Wildman–Crippen MR) is 96.8 cm³/mol. The van der Waals surface area contributed by atoms with Crippen molar-refractivity contribution < 1.29 is 4.79 Å². The van der Waals surface area contributed by atoms with E-state index in [4.69, 9.17) is 0 Å². The molecular formula is C18H24N4O2S. The van der Waals surface area contributed by atoms with Gasteiger partial charge in [-0.1, -0.05) is 13.3 Å². The SMILES string of the molecule is CCC1c2ccsc2CCN1C(=O)Cn1nc2n(c1=O)CCCCC2. The van der Waals surface area contributed by atoms with Gasteiger partial charge in [-0.2, -0.15) is 5.10 Å². The molecule has 0 spiro atoms. The molecule has 2 aromatic heterocycles. The molecule has 2 aliphatic rings. The first-order valence-electron chi connectivity index (χ1n) is 9.21. The Morgan fingerprint density at radius 3 is 3.00 bits per heavy atom. The zero-order valence-corrected chi connectivity index (χ0v) is 15.4. The number of carbonyl (C=O) groups is 1. The summed E-state index contributed by atoms with van der Waals surface area (Å²) in [7, 11) is 0. The van der Waals surface area contributed by atoms with Crippen LogP contribution in [0, 0.1) is 0 Å². The lowest BCUT2D eigenvalue weighted by atomic mass is 9.98. The summed E-state index contributed by atoms with van der Waals surface area (Å²) >= 11 is 1.78. The quantitative estimate of drug-likeness (QED) is 0.844. The molecule has 25 heavy (non-hydrogen) atoms. The molecule has 0 saturated carbocycles. The monoisotopic (exact) mass is 360 g/mol. The first-order chi connectivity index (χ1) is 12.2. The van der Waals surface area contributed by atoms with Gasteiger partial charge >= 0.3 is 5.69 Å². The molecule has 4 heterocycles. The first-order valence-corrected chi connectivity index (χ1v) is 10.1. The number of fused-ring (bicyclic) bond motifs is 2. The van der Waals surface area contributed by atoms with Gasteiger partial charge in [-0.15, -0.1) is 11.3 Å². The summed E-state index contributed by atoms with van der Waals surface area (Å²) in [5.74, 6) is 0.833. The third-order valence-electron chi connectivity index (χ3n) is 5.37. The lowest BCUT2D eigenvalue weighted by Crippen LogP contribution is -2.42. The molecule has 0 fully saturated rings. The van der Waals surface area contributed by atoms with Crippen LogP contribution in [0.3, 0.4) is 0 Å². The van der Waals surface area contributed by atoms with E-state index in [0.717, 1.165) is 57.4 Å². The summed E-state index contributed by atoms with van der Waals surface area (Å²) in [5.41, 5.74) is 1.14. The molecule has 134 valence electrons. The van der Waals surface area contributed by atoms with E-state index >= 15 is 0 Å². The van der Waals surface area contributed by atoms with Crippen LogP contribution in [0.2, 0.25) is 0 Å². The molecule has 2 aliphatic heterocycles. The van der Waals surface area contributed by atoms with Gasteiger partial charge in [-0.25, -0.2) is 9.48 Å². The highest BCUT2D eigenvalue weighted by Gasteiger charge is 2.31. The second-order valence-corrected chi connectivity index (χ2v) is 7.88. The second kappa shape index (κ2) is 6.78. The Balaban J connectivity index is 1.56. The van der Waals surface area contributed by atoms with Gasteiger partial charge in [-0.05, 0) is 42.7 Å². The highest BCUT2D eigenvalue weighted by molar-refractivity contribution is 7.10. The number of aryl methyl sites for hydroxylation is 1. The van der Waals surface area contributed by atoms with Gasteiger partial charge in [0.25, 0.3) is 0 Å². The third-order valence-corrected chi connectivity index (χ3v) is 6.36. The molecule has 1 atom stereocenters. The van der Waals surface area contributed by atoms with E-state index in [9.17, 15) is 9.59 Å². The van der Waals surface area contributed by atoms with E-state index in [-0.39, 0.29) is 24.2 Å². The van der Waals surface area contributed by atoms with E-state index < -0.39 is 0 Å². The van der Waals surface area contributed by atoms with E-state index in [2.05, 4.69) is 23.5 Å². The molecule has 6 nitrogen and oxygen atoms in total. The molecule has 7 heteroatoms. The van der Waals surface area contributed by atoms with Crippen LogP contribution in [0.1, 0.15) is 54.9 Å². The number of rotatable bonds is 3. The van der Waals surface area contributed by atoms with E-state index in [1.54, 1.807) is 15.9 Å². The van der Waals surface area contributed by atoms with Crippen LogP contribution in [0.4, 0.5) is 0 Å². The molecule has 0 bridgehead atoms. The molecule has 2 aromatic rings. The number of amides is 1. The zero-order chi connectivity index (χ0) is 17.4. The van der Waals surface area contributed by atoms with Crippen LogP contribution in [-0.2, 0) is 30.7 Å². The Morgan fingerprint density at radius 1 is 1.28 bits per heavy atom. The summed E-state index contributed by atoms with van der Waals surface area (Å²) in [6, 6.07) is 2.26. The van der Waals surface area contributed by atoms with Crippen molar-refractivity contribution in [1.82, 2.24) is 19.2 Å². The molecule has 4 rings (SSSR count). The van der Waals surface area contributed by atoms with Crippen LogP contribution in [0.5, 0.6) is 0 Å². The Hall–Kier alpha value is -1.89. The number of carbonyl (C=O) groups excluding carboxylic acids is 1. The smallest absolute Gasteiger partial charge is 0.334 e. The Morgan fingerprint density at radius 2 is 2.16 bits per heavy atom. The fourth-order valence-electron chi connectivity index (χ4n) is 4.08. The largest absolute Gasteiger partial charge is 0.346 e. The average molecular weight is 360 g/mol. The number of aromatic nitrogens is 3. The van der Waals surface area contributed by atoms with Crippen molar-refractivity contribution in [2.45, 2.75) is 64.6 Å². The number of hydrogen-bond acceptors (Lipinski definition) is 4. The Labute approximate surface area is 151 Å². The van der Waals surface area contributed by atoms with Crippen molar-refractivity contribution in [3.63, 3.8) is 0 Å². The lowest BCUT2D eigenvalue weighted by Gasteiger charge is -2.35. The normalized spacial score (nSPS) is 20.0. The van der Waals surface area contributed by atoms with Gasteiger partial charge in [-0.3, -0.25) is 9.36 Å². The van der Waals surface area contributed by atoms with Crippen LogP contribution < -0.4 is 5.69 Å². The van der Waals surface area contributed by atoms with E-state index in [0.29, 0.717) is 0 Å². The second-order valence-electron chi connectivity index (χ2n) is 6.88. The van der Waals surface area contributed by atoms with Crippen molar-refractivity contribution in [1.29, 1.82) is 0 Å². The summed E-state index contributed by atoms with van der Waals surface area (Å²) in [6.07, 6.45) is 5.84. The minimum absolute atomic E-state index is 0.000871. The van der Waals surface area contributed by atoms with Gasteiger partial charge < -0.3 is 4.90 Å². The molecule has 0 saturated heterocycles. The Kier molecular flexibility index (Phi) is 4.50. The summed E-state index contributed by atoms with van der Waals surface area (Å²) in [6.45, 7) is 3.62. The molecule has 0 aromatic carbocycles. The molecule has 1 unspecified atom stereocenters. The fraction of sp³-hybridized carbons (Fsp3) is 0.611. The lowest BCUT2D eigenvalue weighted by molar-refractivity contribution is -0.135. The molecule has 0 radical (unpaired) electrons. The molecule has 0 N–H and O–H groups in total. The molecule has 0 aliphatic carbocycles. The first kappa shape index (κ1) is 16.6. The standard InChI is InChI=1S/C18H24N4O2S/c1-2-14-13-8-11-25-15(13)7-10-20(14)17(23)12-22-18(24)21-9-5-3-4-6-16(21)19-22/h8,11,14H,2-7,9-10,12H2,1H3. The van der Waals surface area contributed by atoms with Crippen molar-refractivity contribution in [2.24, 2.45) is 0 Å². The third kappa shape index (κ3) is 2.94. The van der Waals surface area contributed by atoms with Crippen LogP contribution in [-0.4, -0.2) is 31.7 Å². The minimum atomic E-state index is -0.133. The van der Waals surface area contributed by atoms with Gasteiger partial charge in [0.1, 0.15) is 12.4 Å². The minimum Gasteiger partial charge on any atom is -0.334 e. The highest BCUT2D eigenvalue weighted by atomic mass is 32.1. The zero-order valence-electron chi connectivity index (χ0n) is 14.6. The average Bonchev–Trinajstić information content (AvgIpc) is 3.12. The van der Waals surface area contributed by atoms with Gasteiger partial charge in [0, 0.05) is 24.4 Å². The van der Waals surface area contributed by atoms with Crippen LogP contribution in [0.15, 0.2) is 16.2 Å².